The van der Waals surface area contributed by atoms with E-state index in [9.17, 15) is 9.59 Å². The minimum absolute atomic E-state index is 0.178. The number of hydrogen-bond donors (Lipinski definition) is 3. The molecule has 0 aromatic carbocycles. The van der Waals surface area contributed by atoms with E-state index in [2.05, 4.69) is 25.9 Å². The topological polar surface area (TPSA) is 105 Å². The summed E-state index contributed by atoms with van der Waals surface area (Å²) in [5.41, 5.74) is 0.886. The number of amides is 2. The molecule has 106 valence electrons. The SMILES string of the molecule is CCn1cc(NC(=O)c2[nH]ncc2I)c(C(=O)NC)n1. The van der Waals surface area contributed by atoms with Gasteiger partial charge in [-0.25, -0.2) is 0 Å². The molecule has 2 rings (SSSR count). The predicted octanol–water partition coefficient (Wildman–Crippen LogP) is 0.843. The highest BCUT2D eigenvalue weighted by Crippen LogP contribution is 2.16. The van der Waals surface area contributed by atoms with Gasteiger partial charge in [-0.15, -0.1) is 0 Å². The Labute approximate surface area is 128 Å². The number of H-pyrrole nitrogens is 1. The predicted molar refractivity (Wildman–Crippen MR) is 80.5 cm³/mol. The fourth-order valence-corrected chi connectivity index (χ4v) is 2.08. The smallest absolute Gasteiger partial charge is 0.274 e. The molecule has 9 heteroatoms. The maximum absolute atomic E-state index is 12.1. The summed E-state index contributed by atoms with van der Waals surface area (Å²) in [5.74, 6) is -0.723. The first-order valence-electron chi connectivity index (χ1n) is 5.86. The van der Waals surface area contributed by atoms with Gasteiger partial charge < -0.3 is 10.6 Å². The van der Waals surface area contributed by atoms with Crippen molar-refractivity contribution in [1.29, 1.82) is 0 Å². The van der Waals surface area contributed by atoms with Crippen molar-refractivity contribution < 1.29 is 9.59 Å². The molecule has 2 amide bonds. The Kier molecular flexibility index (Phi) is 4.37. The zero-order valence-electron chi connectivity index (χ0n) is 10.9. The monoisotopic (exact) mass is 388 g/mol. The Morgan fingerprint density at radius 2 is 2.20 bits per heavy atom. The number of halogens is 1. The van der Waals surface area contributed by atoms with Crippen LogP contribution in [0.4, 0.5) is 5.69 Å². The molecule has 0 fully saturated rings. The molecule has 0 aliphatic rings. The zero-order valence-corrected chi connectivity index (χ0v) is 13.1. The first kappa shape index (κ1) is 14.5. The number of aryl methyl sites for hydroxylation is 1. The second kappa shape index (κ2) is 6.03. The number of carbonyl (C=O) groups excluding carboxylic acids is 2. The van der Waals surface area contributed by atoms with Gasteiger partial charge in [0.25, 0.3) is 11.8 Å². The van der Waals surface area contributed by atoms with Crippen LogP contribution in [0.5, 0.6) is 0 Å². The zero-order chi connectivity index (χ0) is 14.7. The van der Waals surface area contributed by atoms with E-state index in [1.807, 2.05) is 29.5 Å². The lowest BCUT2D eigenvalue weighted by Crippen LogP contribution is -2.22. The van der Waals surface area contributed by atoms with Crippen LogP contribution in [0.2, 0.25) is 0 Å². The largest absolute Gasteiger partial charge is 0.354 e. The van der Waals surface area contributed by atoms with Crippen molar-refractivity contribution in [2.75, 3.05) is 12.4 Å². The Hall–Kier alpha value is -1.91. The standard InChI is InChI=1S/C11H13IN6O2/c1-3-18-5-7(9(17-18)10(19)13-2)15-11(20)8-6(12)4-14-16-8/h4-5H,3H2,1-2H3,(H,13,19)(H,14,16)(H,15,20). The van der Waals surface area contributed by atoms with Crippen molar-refractivity contribution in [3.8, 4) is 0 Å². The highest BCUT2D eigenvalue weighted by Gasteiger charge is 2.19. The van der Waals surface area contributed by atoms with E-state index < -0.39 is 0 Å². The van der Waals surface area contributed by atoms with Crippen LogP contribution in [-0.4, -0.2) is 38.8 Å². The molecule has 0 spiro atoms. The van der Waals surface area contributed by atoms with Crippen molar-refractivity contribution in [3.63, 3.8) is 0 Å². The Bertz CT molecular complexity index is 647. The van der Waals surface area contributed by atoms with Gasteiger partial charge in [0.1, 0.15) is 5.69 Å². The van der Waals surface area contributed by atoms with Gasteiger partial charge in [0.05, 0.1) is 15.5 Å². The molecule has 0 unspecified atom stereocenters. The molecule has 0 aliphatic heterocycles. The van der Waals surface area contributed by atoms with E-state index in [4.69, 9.17) is 0 Å². The lowest BCUT2D eigenvalue weighted by atomic mass is 10.3. The van der Waals surface area contributed by atoms with E-state index in [1.54, 1.807) is 17.1 Å². The molecule has 0 saturated carbocycles. The number of nitrogens with zero attached hydrogens (tertiary/aromatic N) is 3. The van der Waals surface area contributed by atoms with E-state index in [0.717, 1.165) is 0 Å². The number of aromatic amines is 1. The average molecular weight is 388 g/mol. The van der Waals surface area contributed by atoms with Gasteiger partial charge in [0.2, 0.25) is 0 Å². The van der Waals surface area contributed by atoms with Crippen LogP contribution in [0.15, 0.2) is 12.4 Å². The van der Waals surface area contributed by atoms with E-state index in [1.165, 1.54) is 7.05 Å². The Morgan fingerprint density at radius 1 is 1.45 bits per heavy atom. The van der Waals surface area contributed by atoms with Gasteiger partial charge in [0, 0.05) is 19.8 Å². The van der Waals surface area contributed by atoms with Crippen molar-refractivity contribution in [1.82, 2.24) is 25.3 Å². The van der Waals surface area contributed by atoms with Crippen LogP contribution < -0.4 is 10.6 Å². The summed E-state index contributed by atoms with van der Waals surface area (Å²) in [6, 6.07) is 0. The number of hydrogen-bond acceptors (Lipinski definition) is 4. The molecule has 0 bridgehead atoms. The Morgan fingerprint density at radius 3 is 2.75 bits per heavy atom. The molecule has 8 nitrogen and oxygen atoms in total. The second-order valence-electron chi connectivity index (χ2n) is 3.87. The van der Waals surface area contributed by atoms with Crippen LogP contribution in [-0.2, 0) is 6.54 Å². The minimum Gasteiger partial charge on any atom is -0.354 e. The number of nitrogens with one attached hydrogen (secondary N) is 3. The van der Waals surface area contributed by atoms with Gasteiger partial charge in [-0.1, -0.05) is 0 Å². The summed E-state index contributed by atoms with van der Waals surface area (Å²) in [4.78, 5) is 23.8. The Balaban J connectivity index is 2.29. The number of anilines is 1. The molecule has 0 aliphatic carbocycles. The van der Waals surface area contributed by atoms with Crippen LogP contribution >= 0.6 is 22.6 Å². The first-order valence-corrected chi connectivity index (χ1v) is 6.94. The summed E-state index contributed by atoms with van der Waals surface area (Å²) >= 11 is 2.00. The molecule has 20 heavy (non-hydrogen) atoms. The lowest BCUT2D eigenvalue weighted by Gasteiger charge is -2.03. The molecule has 3 N–H and O–H groups in total. The molecular formula is C11H13IN6O2. The second-order valence-corrected chi connectivity index (χ2v) is 5.04. The third-order valence-electron chi connectivity index (χ3n) is 2.60. The van der Waals surface area contributed by atoms with E-state index in [0.29, 0.717) is 21.5 Å². The van der Waals surface area contributed by atoms with Crippen molar-refractivity contribution in [2.24, 2.45) is 0 Å². The molecular weight excluding hydrogens is 375 g/mol. The highest BCUT2D eigenvalue weighted by atomic mass is 127. The molecule has 2 heterocycles. The third-order valence-corrected chi connectivity index (χ3v) is 3.41. The maximum atomic E-state index is 12.1. The highest BCUT2D eigenvalue weighted by molar-refractivity contribution is 14.1. The fraction of sp³-hybridized carbons (Fsp3) is 0.273. The lowest BCUT2D eigenvalue weighted by molar-refractivity contribution is 0.0958. The van der Waals surface area contributed by atoms with Gasteiger partial charge in [0.15, 0.2) is 5.69 Å². The van der Waals surface area contributed by atoms with Gasteiger partial charge in [-0.05, 0) is 29.5 Å². The van der Waals surface area contributed by atoms with E-state index >= 15 is 0 Å². The molecule has 2 aromatic heterocycles. The van der Waals surface area contributed by atoms with Crippen LogP contribution in [0.25, 0.3) is 0 Å². The molecule has 2 aromatic rings. The van der Waals surface area contributed by atoms with E-state index in [-0.39, 0.29) is 17.5 Å². The summed E-state index contributed by atoms with van der Waals surface area (Å²) in [5, 5.41) is 15.7. The van der Waals surface area contributed by atoms with Crippen molar-refractivity contribution >= 4 is 40.1 Å². The third kappa shape index (κ3) is 2.81. The molecule has 0 atom stereocenters. The fourth-order valence-electron chi connectivity index (χ4n) is 1.58. The quantitative estimate of drug-likeness (QED) is 0.676. The normalized spacial score (nSPS) is 10.3. The summed E-state index contributed by atoms with van der Waals surface area (Å²) in [6.07, 6.45) is 3.16. The molecule has 0 saturated heterocycles. The maximum Gasteiger partial charge on any atom is 0.274 e. The summed E-state index contributed by atoms with van der Waals surface area (Å²) in [6.45, 7) is 2.49. The molecule has 0 radical (unpaired) electrons. The van der Waals surface area contributed by atoms with Crippen LogP contribution in [0.1, 0.15) is 27.9 Å². The van der Waals surface area contributed by atoms with Crippen LogP contribution in [0.3, 0.4) is 0 Å². The number of carbonyl (C=O) groups is 2. The first-order chi connectivity index (χ1) is 9.56. The van der Waals surface area contributed by atoms with Crippen LogP contribution in [0, 0.1) is 3.57 Å². The van der Waals surface area contributed by atoms with Crippen molar-refractivity contribution in [2.45, 2.75) is 13.5 Å². The minimum atomic E-state index is -0.368. The van der Waals surface area contributed by atoms with Gasteiger partial charge >= 0.3 is 0 Å². The summed E-state index contributed by atoms with van der Waals surface area (Å²) in [7, 11) is 1.51. The van der Waals surface area contributed by atoms with Gasteiger partial charge in [-0.3, -0.25) is 19.4 Å². The number of rotatable bonds is 4. The summed E-state index contributed by atoms with van der Waals surface area (Å²) < 4.78 is 2.28. The van der Waals surface area contributed by atoms with Gasteiger partial charge in [-0.2, -0.15) is 10.2 Å². The van der Waals surface area contributed by atoms with Crippen molar-refractivity contribution in [3.05, 3.63) is 27.4 Å². The average Bonchev–Trinajstić information content (AvgIpc) is 3.04. The number of aromatic nitrogens is 4.